The summed E-state index contributed by atoms with van der Waals surface area (Å²) in [5, 5.41) is 2.87. The quantitative estimate of drug-likeness (QED) is 0.812. The molecular formula is C13H14Br2N2O2S. The van der Waals surface area contributed by atoms with Gasteiger partial charge < -0.3 is 10.2 Å². The maximum absolute atomic E-state index is 12.3. The third-order valence-electron chi connectivity index (χ3n) is 3.00. The molecule has 1 aromatic rings. The highest BCUT2D eigenvalue weighted by Crippen LogP contribution is 2.28. The van der Waals surface area contributed by atoms with E-state index in [2.05, 4.69) is 37.2 Å². The molecule has 0 radical (unpaired) electrons. The van der Waals surface area contributed by atoms with Crippen LogP contribution in [0.15, 0.2) is 27.1 Å². The highest BCUT2D eigenvalue weighted by atomic mass is 79.9. The van der Waals surface area contributed by atoms with E-state index in [1.165, 1.54) is 0 Å². The van der Waals surface area contributed by atoms with Crippen molar-refractivity contribution in [1.29, 1.82) is 0 Å². The van der Waals surface area contributed by atoms with Crippen LogP contribution in [0.5, 0.6) is 0 Å². The van der Waals surface area contributed by atoms with Crippen LogP contribution in [0, 0.1) is 0 Å². The number of nitrogens with zero attached hydrogens (tertiary/aromatic N) is 1. The van der Waals surface area contributed by atoms with E-state index in [9.17, 15) is 9.59 Å². The second-order valence-electron chi connectivity index (χ2n) is 4.35. The molecule has 1 heterocycles. The van der Waals surface area contributed by atoms with E-state index < -0.39 is 0 Å². The minimum absolute atomic E-state index is 0.0185. The van der Waals surface area contributed by atoms with Crippen LogP contribution in [0.25, 0.3) is 0 Å². The summed E-state index contributed by atoms with van der Waals surface area (Å²) < 4.78 is 1.74. The Hall–Kier alpha value is -0.530. The number of carbonyl (C=O) groups excluding carboxylic acids is 2. The number of amides is 2. The third-order valence-corrected chi connectivity index (χ3v) is 5.16. The molecule has 2 amide bonds. The number of anilines is 1. The van der Waals surface area contributed by atoms with Crippen LogP contribution in [-0.4, -0.2) is 34.4 Å². The van der Waals surface area contributed by atoms with Crippen LogP contribution in [0.1, 0.15) is 13.3 Å². The van der Waals surface area contributed by atoms with Crippen LogP contribution in [-0.2, 0) is 9.59 Å². The number of hydrogen-bond donors (Lipinski definition) is 1. The van der Waals surface area contributed by atoms with Crippen LogP contribution >= 0.6 is 43.6 Å². The minimum Gasteiger partial charge on any atom is -0.323 e. The summed E-state index contributed by atoms with van der Waals surface area (Å²) in [5.74, 6) is 1.11. The van der Waals surface area contributed by atoms with Gasteiger partial charge >= 0.3 is 0 Å². The van der Waals surface area contributed by atoms with Crippen molar-refractivity contribution in [3.05, 3.63) is 27.1 Å². The van der Waals surface area contributed by atoms with Gasteiger partial charge in [0.15, 0.2) is 0 Å². The van der Waals surface area contributed by atoms with Gasteiger partial charge in [-0.05, 0) is 34.1 Å². The van der Waals surface area contributed by atoms with Crippen molar-refractivity contribution in [3.63, 3.8) is 0 Å². The summed E-state index contributed by atoms with van der Waals surface area (Å²) in [4.78, 5) is 25.8. The lowest BCUT2D eigenvalue weighted by Crippen LogP contribution is -2.44. The van der Waals surface area contributed by atoms with Crippen molar-refractivity contribution in [1.82, 2.24) is 4.90 Å². The Morgan fingerprint density at radius 1 is 1.45 bits per heavy atom. The van der Waals surface area contributed by atoms with Gasteiger partial charge in [0, 0.05) is 21.1 Å². The van der Waals surface area contributed by atoms with E-state index in [4.69, 9.17) is 0 Å². The fourth-order valence-electron chi connectivity index (χ4n) is 1.92. The van der Waals surface area contributed by atoms with Gasteiger partial charge in [0.2, 0.25) is 11.8 Å². The Labute approximate surface area is 138 Å². The van der Waals surface area contributed by atoms with Gasteiger partial charge in [0.25, 0.3) is 0 Å². The van der Waals surface area contributed by atoms with E-state index in [-0.39, 0.29) is 17.9 Å². The first-order valence-corrected chi connectivity index (χ1v) is 8.90. The molecule has 0 aromatic heterocycles. The number of nitrogens with one attached hydrogen (secondary N) is 1. The maximum Gasteiger partial charge on any atom is 0.248 e. The maximum atomic E-state index is 12.3. The van der Waals surface area contributed by atoms with Crippen molar-refractivity contribution < 1.29 is 9.59 Å². The first-order chi connectivity index (χ1) is 9.52. The molecule has 1 unspecified atom stereocenters. The summed E-state index contributed by atoms with van der Waals surface area (Å²) in [6.07, 6.45) is 0.423. The van der Waals surface area contributed by atoms with Gasteiger partial charge in [-0.3, -0.25) is 9.59 Å². The van der Waals surface area contributed by atoms with Crippen LogP contribution < -0.4 is 5.32 Å². The molecule has 0 bridgehead atoms. The molecule has 108 valence electrons. The fourth-order valence-corrected chi connectivity index (χ4v) is 4.24. The second kappa shape index (κ2) is 6.95. The summed E-state index contributed by atoms with van der Waals surface area (Å²) >= 11 is 8.38. The number of rotatable bonds is 3. The molecule has 1 saturated heterocycles. The van der Waals surface area contributed by atoms with Gasteiger partial charge in [-0.1, -0.05) is 22.9 Å². The molecule has 7 heteroatoms. The van der Waals surface area contributed by atoms with Crippen LogP contribution in [0.4, 0.5) is 5.69 Å². The zero-order valence-corrected chi connectivity index (χ0v) is 14.8. The molecule has 0 aliphatic carbocycles. The van der Waals surface area contributed by atoms with E-state index in [1.54, 1.807) is 16.7 Å². The van der Waals surface area contributed by atoms with Crippen LogP contribution in [0.3, 0.4) is 0 Å². The summed E-state index contributed by atoms with van der Waals surface area (Å²) in [5.41, 5.74) is 0.707. The van der Waals surface area contributed by atoms with E-state index in [0.717, 1.165) is 8.95 Å². The van der Waals surface area contributed by atoms with E-state index in [1.807, 2.05) is 25.1 Å². The van der Waals surface area contributed by atoms with E-state index in [0.29, 0.717) is 23.7 Å². The molecule has 1 aliphatic heterocycles. The lowest BCUT2D eigenvalue weighted by Gasteiger charge is -2.22. The van der Waals surface area contributed by atoms with Crippen LogP contribution in [0.2, 0.25) is 0 Å². The Bertz CT molecular complexity index is 539. The lowest BCUT2D eigenvalue weighted by molar-refractivity contribution is -0.135. The predicted octanol–water partition coefficient (Wildman–Crippen LogP) is 3.46. The molecule has 1 aromatic carbocycles. The standard InChI is InChI=1S/C13H14Br2N2O2S/c1-2-12(18)17-7-20-6-11(17)13(19)16-10-4-3-8(14)5-9(10)15/h3-5,11H,2,6-7H2,1H3,(H,16,19). The largest absolute Gasteiger partial charge is 0.323 e. The SMILES string of the molecule is CCC(=O)N1CSCC1C(=O)Nc1ccc(Br)cc1Br. The highest BCUT2D eigenvalue weighted by Gasteiger charge is 2.33. The average molecular weight is 422 g/mol. The molecular weight excluding hydrogens is 408 g/mol. The topological polar surface area (TPSA) is 49.4 Å². The Balaban J connectivity index is 2.09. The summed E-state index contributed by atoms with van der Waals surface area (Å²) in [6.45, 7) is 1.81. The lowest BCUT2D eigenvalue weighted by atomic mass is 10.2. The van der Waals surface area contributed by atoms with Gasteiger partial charge in [-0.25, -0.2) is 0 Å². The number of benzene rings is 1. The van der Waals surface area contributed by atoms with Gasteiger partial charge in [-0.2, -0.15) is 0 Å². The fraction of sp³-hybridized carbons (Fsp3) is 0.385. The Kier molecular flexibility index (Phi) is 5.51. The normalized spacial score (nSPS) is 18.1. The number of carbonyl (C=O) groups is 2. The monoisotopic (exact) mass is 420 g/mol. The molecule has 0 saturated carbocycles. The number of halogens is 2. The molecule has 4 nitrogen and oxygen atoms in total. The summed E-state index contributed by atoms with van der Waals surface area (Å²) in [7, 11) is 0. The molecule has 0 spiro atoms. The predicted molar refractivity (Wildman–Crippen MR) is 88.7 cm³/mol. The van der Waals surface area contributed by atoms with Crippen molar-refractivity contribution in [3.8, 4) is 0 Å². The molecule has 1 fully saturated rings. The molecule has 1 N–H and O–H groups in total. The van der Waals surface area contributed by atoms with Gasteiger partial charge in [0.05, 0.1) is 11.6 Å². The molecule has 2 rings (SSSR count). The zero-order valence-electron chi connectivity index (χ0n) is 10.9. The second-order valence-corrected chi connectivity index (χ2v) is 7.12. The van der Waals surface area contributed by atoms with Crippen molar-refractivity contribution in [2.75, 3.05) is 16.9 Å². The van der Waals surface area contributed by atoms with Crippen molar-refractivity contribution >= 4 is 61.1 Å². The van der Waals surface area contributed by atoms with Crippen molar-refractivity contribution in [2.45, 2.75) is 19.4 Å². The summed E-state index contributed by atoms with van der Waals surface area (Å²) in [6, 6.07) is 5.16. The first-order valence-electron chi connectivity index (χ1n) is 6.16. The third kappa shape index (κ3) is 3.56. The first kappa shape index (κ1) is 15.9. The Morgan fingerprint density at radius 3 is 2.85 bits per heavy atom. The molecule has 20 heavy (non-hydrogen) atoms. The average Bonchev–Trinajstić information content (AvgIpc) is 2.90. The molecule has 1 aliphatic rings. The van der Waals surface area contributed by atoms with Crippen molar-refractivity contribution in [2.24, 2.45) is 0 Å². The molecule has 1 atom stereocenters. The van der Waals surface area contributed by atoms with Gasteiger partial charge in [0.1, 0.15) is 6.04 Å². The number of thioether (sulfide) groups is 1. The minimum atomic E-state index is -0.386. The van der Waals surface area contributed by atoms with Gasteiger partial charge in [-0.15, -0.1) is 11.8 Å². The number of hydrogen-bond acceptors (Lipinski definition) is 3. The smallest absolute Gasteiger partial charge is 0.248 e. The highest BCUT2D eigenvalue weighted by molar-refractivity contribution is 9.11. The Morgan fingerprint density at radius 2 is 2.20 bits per heavy atom. The zero-order chi connectivity index (χ0) is 14.7. The van der Waals surface area contributed by atoms with E-state index >= 15 is 0 Å².